The molecule has 6 heteroatoms. The highest BCUT2D eigenvalue weighted by molar-refractivity contribution is 6.30. The molecule has 0 radical (unpaired) electrons. The summed E-state index contributed by atoms with van der Waals surface area (Å²) in [4.78, 5) is 26.1. The van der Waals surface area contributed by atoms with Crippen LogP contribution in [0, 0.1) is 0 Å². The van der Waals surface area contributed by atoms with Crippen LogP contribution in [0.5, 0.6) is 5.75 Å². The molecule has 0 unspecified atom stereocenters. The van der Waals surface area contributed by atoms with E-state index in [1.807, 2.05) is 44.2 Å². The predicted octanol–water partition coefficient (Wildman–Crippen LogP) is 3.64. The van der Waals surface area contributed by atoms with Crippen LogP contribution in [0.1, 0.15) is 29.8 Å². The van der Waals surface area contributed by atoms with Gasteiger partial charge in [0.1, 0.15) is 11.3 Å². The number of amides is 1. The number of halogens is 1. The van der Waals surface area contributed by atoms with E-state index in [1.165, 1.54) is 18.2 Å². The van der Waals surface area contributed by atoms with Gasteiger partial charge in [-0.3, -0.25) is 4.79 Å². The SMILES string of the molecule is CC(C)N(Cc1ccccc1)C(=O)COC(=O)c1ccc(Cl)cc1O. The van der Waals surface area contributed by atoms with Gasteiger partial charge in [0.15, 0.2) is 6.61 Å². The summed E-state index contributed by atoms with van der Waals surface area (Å²) in [5, 5.41) is 10.0. The van der Waals surface area contributed by atoms with E-state index in [1.54, 1.807) is 4.90 Å². The Balaban J connectivity index is 2.00. The number of benzene rings is 2. The van der Waals surface area contributed by atoms with Crippen LogP contribution in [0.2, 0.25) is 5.02 Å². The highest BCUT2D eigenvalue weighted by atomic mass is 35.5. The number of rotatable bonds is 6. The van der Waals surface area contributed by atoms with Crippen LogP contribution in [0.3, 0.4) is 0 Å². The van der Waals surface area contributed by atoms with Crippen molar-refractivity contribution >= 4 is 23.5 Å². The van der Waals surface area contributed by atoms with E-state index in [-0.39, 0.29) is 23.3 Å². The first-order chi connectivity index (χ1) is 11.9. The molecule has 1 amide bonds. The molecule has 0 heterocycles. The molecule has 0 atom stereocenters. The molecule has 2 aromatic carbocycles. The van der Waals surface area contributed by atoms with Crippen molar-refractivity contribution in [2.24, 2.45) is 0 Å². The van der Waals surface area contributed by atoms with E-state index < -0.39 is 12.6 Å². The summed E-state index contributed by atoms with van der Waals surface area (Å²) in [5.41, 5.74) is 0.961. The number of phenols is 1. The maximum atomic E-state index is 12.4. The topological polar surface area (TPSA) is 66.8 Å². The van der Waals surface area contributed by atoms with Gasteiger partial charge in [-0.05, 0) is 37.6 Å². The van der Waals surface area contributed by atoms with Crippen LogP contribution < -0.4 is 0 Å². The molecule has 0 aliphatic rings. The lowest BCUT2D eigenvalue weighted by molar-refractivity contribution is -0.136. The molecule has 0 saturated heterocycles. The zero-order valence-electron chi connectivity index (χ0n) is 14.1. The van der Waals surface area contributed by atoms with Crippen LogP contribution in [-0.4, -0.2) is 34.5 Å². The molecule has 1 N–H and O–H groups in total. The normalized spacial score (nSPS) is 10.6. The Labute approximate surface area is 151 Å². The van der Waals surface area contributed by atoms with Crippen LogP contribution >= 0.6 is 11.6 Å². The molecule has 2 rings (SSSR count). The average Bonchev–Trinajstić information content (AvgIpc) is 2.58. The van der Waals surface area contributed by atoms with Crippen LogP contribution in [0.15, 0.2) is 48.5 Å². The van der Waals surface area contributed by atoms with E-state index in [0.717, 1.165) is 5.56 Å². The highest BCUT2D eigenvalue weighted by Crippen LogP contribution is 2.22. The summed E-state index contributed by atoms with van der Waals surface area (Å²) in [7, 11) is 0. The van der Waals surface area contributed by atoms with Gasteiger partial charge in [-0.1, -0.05) is 41.9 Å². The van der Waals surface area contributed by atoms with E-state index in [4.69, 9.17) is 16.3 Å². The third kappa shape index (κ3) is 5.22. The van der Waals surface area contributed by atoms with Crippen molar-refractivity contribution in [3.8, 4) is 5.75 Å². The molecule has 0 aliphatic heterocycles. The number of hydrogen-bond acceptors (Lipinski definition) is 4. The Hall–Kier alpha value is -2.53. The maximum Gasteiger partial charge on any atom is 0.342 e. The smallest absolute Gasteiger partial charge is 0.342 e. The van der Waals surface area contributed by atoms with E-state index in [2.05, 4.69) is 0 Å². The van der Waals surface area contributed by atoms with Gasteiger partial charge in [-0.2, -0.15) is 0 Å². The van der Waals surface area contributed by atoms with Crippen molar-refractivity contribution in [2.75, 3.05) is 6.61 Å². The lowest BCUT2D eigenvalue weighted by Crippen LogP contribution is -2.39. The minimum Gasteiger partial charge on any atom is -0.507 e. The number of hydrogen-bond donors (Lipinski definition) is 1. The van der Waals surface area contributed by atoms with Gasteiger partial charge >= 0.3 is 5.97 Å². The first-order valence-corrected chi connectivity index (χ1v) is 8.25. The van der Waals surface area contributed by atoms with Crippen molar-refractivity contribution in [3.63, 3.8) is 0 Å². The molecule has 0 spiro atoms. The van der Waals surface area contributed by atoms with Crippen molar-refractivity contribution in [1.29, 1.82) is 0 Å². The van der Waals surface area contributed by atoms with Crippen LogP contribution in [-0.2, 0) is 16.1 Å². The Morgan fingerprint density at radius 3 is 2.44 bits per heavy atom. The van der Waals surface area contributed by atoms with E-state index >= 15 is 0 Å². The standard InChI is InChI=1S/C19H20ClNO4/c1-13(2)21(11-14-6-4-3-5-7-14)18(23)12-25-19(24)16-9-8-15(20)10-17(16)22/h3-10,13,22H,11-12H2,1-2H3. The summed E-state index contributed by atoms with van der Waals surface area (Å²) in [5.74, 6) is -1.36. The third-order valence-corrected chi connectivity index (χ3v) is 3.88. The third-order valence-electron chi connectivity index (χ3n) is 3.65. The summed E-state index contributed by atoms with van der Waals surface area (Å²) in [6.45, 7) is 3.83. The summed E-state index contributed by atoms with van der Waals surface area (Å²) in [6, 6.07) is 13.6. The second-order valence-electron chi connectivity index (χ2n) is 5.84. The van der Waals surface area contributed by atoms with Gasteiger partial charge in [0.25, 0.3) is 5.91 Å². The van der Waals surface area contributed by atoms with Crippen molar-refractivity contribution in [3.05, 3.63) is 64.7 Å². The zero-order valence-corrected chi connectivity index (χ0v) is 14.9. The number of aromatic hydroxyl groups is 1. The fourth-order valence-electron chi connectivity index (χ4n) is 2.30. The summed E-state index contributed by atoms with van der Waals surface area (Å²) >= 11 is 5.73. The van der Waals surface area contributed by atoms with Crippen molar-refractivity contribution in [1.82, 2.24) is 4.90 Å². The molecule has 2 aromatic rings. The van der Waals surface area contributed by atoms with E-state index in [9.17, 15) is 14.7 Å². The quantitative estimate of drug-likeness (QED) is 0.798. The molecular formula is C19H20ClNO4. The minimum atomic E-state index is -0.772. The van der Waals surface area contributed by atoms with Gasteiger partial charge in [-0.25, -0.2) is 4.79 Å². The summed E-state index contributed by atoms with van der Waals surface area (Å²) in [6.07, 6.45) is 0. The predicted molar refractivity (Wildman–Crippen MR) is 95.5 cm³/mol. The molecule has 25 heavy (non-hydrogen) atoms. The molecule has 0 aliphatic carbocycles. The summed E-state index contributed by atoms with van der Waals surface area (Å²) < 4.78 is 5.05. The van der Waals surface area contributed by atoms with Gasteiger partial charge < -0.3 is 14.7 Å². The van der Waals surface area contributed by atoms with Gasteiger partial charge in [0.05, 0.1) is 0 Å². The number of carbonyl (C=O) groups is 2. The van der Waals surface area contributed by atoms with Gasteiger partial charge in [0, 0.05) is 17.6 Å². The molecule has 0 fully saturated rings. The molecule has 0 bridgehead atoms. The molecule has 0 saturated carbocycles. The lowest BCUT2D eigenvalue weighted by Gasteiger charge is -2.26. The number of carbonyl (C=O) groups excluding carboxylic acids is 2. The molecule has 5 nitrogen and oxygen atoms in total. The molecule has 0 aromatic heterocycles. The second-order valence-corrected chi connectivity index (χ2v) is 6.28. The lowest BCUT2D eigenvalue weighted by atomic mass is 10.2. The average molecular weight is 362 g/mol. The van der Waals surface area contributed by atoms with Crippen molar-refractivity contribution in [2.45, 2.75) is 26.4 Å². The molecular weight excluding hydrogens is 342 g/mol. The fraction of sp³-hybridized carbons (Fsp3) is 0.263. The van der Waals surface area contributed by atoms with E-state index in [0.29, 0.717) is 11.6 Å². The number of esters is 1. The Kier molecular flexibility index (Phi) is 6.42. The van der Waals surface area contributed by atoms with Gasteiger partial charge in [0.2, 0.25) is 0 Å². The van der Waals surface area contributed by atoms with Crippen molar-refractivity contribution < 1.29 is 19.4 Å². The van der Waals surface area contributed by atoms with Crippen LogP contribution in [0.25, 0.3) is 0 Å². The monoisotopic (exact) mass is 361 g/mol. The first-order valence-electron chi connectivity index (χ1n) is 7.87. The molecule has 132 valence electrons. The van der Waals surface area contributed by atoms with Crippen LogP contribution in [0.4, 0.5) is 0 Å². The zero-order chi connectivity index (χ0) is 18.4. The highest BCUT2D eigenvalue weighted by Gasteiger charge is 2.20. The number of nitrogens with zero attached hydrogens (tertiary/aromatic N) is 1. The number of ether oxygens (including phenoxy) is 1. The fourth-order valence-corrected chi connectivity index (χ4v) is 2.47. The van der Waals surface area contributed by atoms with Gasteiger partial charge in [-0.15, -0.1) is 0 Å². The first kappa shape index (κ1) is 18.8. The Bertz CT molecular complexity index is 746. The minimum absolute atomic E-state index is 0.0312. The number of phenolic OH excluding ortho intramolecular Hbond substituents is 1. The second kappa shape index (κ2) is 8.53. The Morgan fingerprint density at radius 1 is 1.16 bits per heavy atom. The largest absolute Gasteiger partial charge is 0.507 e. The maximum absolute atomic E-state index is 12.4. The Morgan fingerprint density at radius 2 is 1.84 bits per heavy atom.